The zero-order valence-corrected chi connectivity index (χ0v) is 22.2. The highest BCUT2D eigenvalue weighted by molar-refractivity contribution is 6.01. The number of likely N-dealkylation sites (tertiary alicyclic amines) is 1. The lowest BCUT2D eigenvalue weighted by molar-refractivity contribution is -0.201. The van der Waals surface area contributed by atoms with Gasteiger partial charge in [-0.1, -0.05) is 12.1 Å². The molecule has 210 valence electrons. The number of aldehydes is 1. The molecule has 2 fully saturated rings. The molecule has 12 nitrogen and oxygen atoms in total. The second-order valence-corrected chi connectivity index (χ2v) is 10.4. The third kappa shape index (κ3) is 6.75. The van der Waals surface area contributed by atoms with Crippen molar-refractivity contribution in [2.75, 3.05) is 26.2 Å². The summed E-state index contributed by atoms with van der Waals surface area (Å²) >= 11 is 0. The quantitative estimate of drug-likeness (QED) is 0.378. The summed E-state index contributed by atoms with van der Waals surface area (Å²) in [6.07, 6.45) is 1.77. The molecule has 0 aliphatic carbocycles. The Labute approximate surface area is 231 Å². The van der Waals surface area contributed by atoms with Crippen LogP contribution in [0.2, 0.25) is 0 Å². The van der Waals surface area contributed by atoms with Gasteiger partial charge in [0.15, 0.2) is 0 Å². The molecular weight excluding hydrogens is 516 g/mol. The summed E-state index contributed by atoms with van der Waals surface area (Å²) < 4.78 is 0. The normalized spacial score (nSPS) is 19.2. The van der Waals surface area contributed by atoms with Gasteiger partial charge in [0.2, 0.25) is 5.91 Å². The highest BCUT2D eigenvalue weighted by Crippen LogP contribution is 2.22. The Morgan fingerprint density at radius 3 is 1.82 bits per heavy atom. The highest BCUT2D eigenvalue weighted by Gasteiger charge is 2.36. The van der Waals surface area contributed by atoms with Crippen LogP contribution in [0, 0.1) is 5.92 Å². The maximum absolute atomic E-state index is 13.3. The maximum Gasteiger partial charge on any atom is 0.336 e. The Hall–Kier alpha value is -4.03. The predicted molar refractivity (Wildman–Crippen MR) is 139 cm³/mol. The van der Waals surface area contributed by atoms with Gasteiger partial charge in [-0.25, -0.2) is 4.79 Å². The van der Waals surface area contributed by atoms with Gasteiger partial charge in [0, 0.05) is 52.1 Å². The average molecular weight is 549 g/mol. The summed E-state index contributed by atoms with van der Waals surface area (Å²) in [6, 6.07) is 11.6. The molecule has 0 N–H and O–H groups in total. The minimum Gasteiger partial charge on any atom is -0.342 e. The van der Waals surface area contributed by atoms with Crippen LogP contribution in [0.4, 0.5) is 0 Å². The van der Waals surface area contributed by atoms with Crippen LogP contribution in [-0.2, 0) is 55.0 Å². The largest absolute Gasteiger partial charge is 0.342 e. The van der Waals surface area contributed by atoms with E-state index in [0.29, 0.717) is 57.2 Å². The second-order valence-electron chi connectivity index (χ2n) is 10.4. The fourth-order valence-corrected chi connectivity index (χ4v) is 5.26. The van der Waals surface area contributed by atoms with Crippen molar-refractivity contribution < 1.29 is 28.8 Å². The van der Waals surface area contributed by atoms with Gasteiger partial charge in [0.1, 0.15) is 6.29 Å². The molecule has 0 aromatic carbocycles. The molecule has 5 heterocycles. The Bertz CT molecular complexity index is 1230. The topological polar surface area (TPSA) is 133 Å². The Morgan fingerprint density at radius 1 is 0.825 bits per heavy atom. The van der Waals surface area contributed by atoms with E-state index in [4.69, 9.17) is 14.8 Å². The average Bonchev–Trinajstić information content (AvgIpc) is 3.25. The zero-order chi connectivity index (χ0) is 28.1. The lowest BCUT2D eigenvalue weighted by atomic mass is 9.97. The number of carbonyl (C=O) groups excluding carboxylic acids is 5. The minimum atomic E-state index is -0.609. The first-order valence-electron chi connectivity index (χ1n) is 13.5. The molecule has 2 aromatic rings. The van der Waals surface area contributed by atoms with Gasteiger partial charge < -0.3 is 14.5 Å². The van der Waals surface area contributed by atoms with Crippen LogP contribution in [0.3, 0.4) is 0 Å². The third-order valence-corrected chi connectivity index (χ3v) is 7.33. The van der Waals surface area contributed by atoms with Gasteiger partial charge >= 0.3 is 5.97 Å². The highest BCUT2D eigenvalue weighted by atomic mass is 16.7. The number of imide groups is 1. The van der Waals surface area contributed by atoms with E-state index < -0.39 is 23.7 Å². The number of carbonyl (C=O) groups is 5. The first-order chi connectivity index (χ1) is 19.4. The Kier molecular flexibility index (Phi) is 8.56. The molecule has 0 spiro atoms. The number of hydroxylamine groups is 2. The molecule has 2 aromatic heterocycles. The van der Waals surface area contributed by atoms with Gasteiger partial charge in [-0.05, 0) is 37.1 Å². The van der Waals surface area contributed by atoms with E-state index in [-0.39, 0.29) is 31.8 Å². The van der Waals surface area contributed by atoms with Crippen molar-refractivity contribution in [3.63, 3.8) is 0 Å². The van der Waals surface area contributed by atoms with Gasteiger partial charge in [0.25, 0.3) is 11.8 Å². The number of aromatic nitrogens is 2. The fraction of sp³-hybridized carbons (Fsp3) is 0.464. The van der Waals surface area contributed by atoms with Crippen LogP contribution in [-0.4, -0.2) is 85.9 Å². The van der Waals surface area contributed by atoms with Crippen LogP contribution in [0.5, 0.6) is 0 Å². The predicted octanol–water partition coefficient (Wildman–Crippen LogP) is 0.839. The molecule has 2 saturated heterocycles. The van der Waals surface area contributed by atoms with E-state index in [0.717, 1.165) is 29.1 Å². The maximum atomic E-state index is 13.3. The van der Waals surface area contributed by atoms with Crippen LogP contribution < -0.4 is 0 Å². The van der Waals surface area contributed by atoms with Crippen molar-refractivity contribution in [3.8, 4) is 0 Å². The first kappa shape index (κ1) is 27.5. The van der Waals surface area contributed by atoms with Crippen molar-refractivity contribution >= 4 is 30.0 Å². The fourth-order valence-electron chi connectivity index (χ4n) is 5.26. The van der Waals surface area contributed by atoms with E-state index in [9.17, 15) is 24.0 Å². The zero-order valence-electron chi connectivity index (χ0n) is 22.2. The summed E-state index contributed by atoms with van der Waals surface area (Å²) in [5.41, 5.74) is 3.32. The second kappa shape index (κ2) is 12.4. The molecule has 4 bridgehead atoms. The third-order valence-electron chi connectivity index (χ3n) is 7.33. The molecule has 12 heteroatoms. The van der Waals surface area contributed by atoms with Crippen LogP contribution in [0.1, 0.15) is 48.5 Å². The molecule has 40 heavy (non-hydrogen) atoms. The van der Waals surface area contributed by atoms with E-state index in [2.05, 4.69) is 0 Å². The van der Waals surface area contributed by atoms with E-state index in [1.807, 2.05) is 46.2 Å². The SMILES string of the molecule is O=CCN1Cc2cccc(n2)CN(CC(=O)N2CCC(C(=O)ON3C(=O)CCC3=O)CC2)Cc2cccc(n2)C1. The molecule has 3 aliphatic rings. The van der Waals surface area contributed by atoms with Gasteiger partial charge in [-0.3, -0.25) is 34.2 Å². The monoisotopic (exact) mass is 548 g/mol. The molecule has 3 aliphatic heterocycles. The van der Waals surface area contributed by atoms with Crippen LogP contribution in [0.25, 0.3) is 0 Å². The van der Waals surface area contributed by atoms with E-state index in [1.54, 1.807) is 4.90 Å². The lowest BCUT2D eigenvalue weighted by Crippen LogP contribution is -2.46. The minimum absolute atomic E-state index is 0.0494. The molecular formula is C28H32N6O6. The number of nitrogens with zero attached hydrogens (tertiary/aromatic N) is 6. The lowest BCUT2D eigenvalue weighted by Gasteiger charge is -2.33. The van der Waals surface area contributed by atoms with Crippen molar-refractivity contribution in [2.45, 2.75) is 51.9 Å². The standard InChI is InChI=1S/C28H32N6O6/c35-14-13-31-15-21-3-1-5-23(29-21)17-32(18-24-6-2-4-22(16-31)30-24)19-27(38)33-11-9-20(10-12-33)28(39)40-34-25(36)7-8-26(34)37/h1-6,14,20H,7-13,15-19H2. The molecule has 0 radical (unpaired) electrons. The number of hydrogen-bond donors (Lipinski definition) is 0. The Morgan fingerprint density at radius 2 is 1.32 bits per heavy atom. The van der Waals surface area contributed by atoms with Crippen LogP contribution in [0.15, 0.2) is 36.4 Å². The molecule has 0 saturated carbocycles. The van der Waals surface area contributed by atoms with Crippen molar-refractivity contribution in [2.24, 2.45) is 5.92 Å². The van der Waals surface area contributed by atoms with Gasteiger partial charge in [-0.2, -0.15) is 0 Å². The Balaban J connectivity index is 1.23. The molecule has 0 unspecified atom stereocenters. The van der Waals surface area contributed by atoms with Crippen molar-refractivity contribution in [3.05, 3.63) is 59.2 Å². The van der Waals surface area contributed by atoms with E-state index >= 15 is 0 Å². The number of fused-ring (bicyclic) bond motifs is 4. The summed E-state index contributed by atoms with van der Waals surface area (Å²) in [7, 11) is 0. The van der Waals surface area contributed by atoms with Crippen molar-refractivity contribution in [1.82, 2.24) is 29.7 Å². The summed E-state index contributed by atoms with van der Waals surface area (Å²) in [5, 5.41) is 0.572. The smallest absolute Gasteiger partial charge is 0.336 e. The number of pyridine rings is 2. The summed E-state index contributed by atoms with van der Waals surface area (Å²) in [6.45, 7) is 3.09. The van der Waals surface area contributed by atoms with Gasteiger partial charge in [-0.15, -0.1) is 5.06 Å². The summed E-state index contributed by atoms with van der Waals surface area (Å²) in [4.78, 5) is 81.0. The number of piperidine rings is 1. The van der Waals surface area contributed by atoms with Crippen molar-refractivity contribution in [1.29, 1.82) is 0 Å². The van der Waals surface area contributed by atoms with Crippen LogP contribution >= 0.6 is 0 Å². The molecule has 3 amide bonds. The van der Waals surface area contributed by atoms with Gasteiger partial charge in [0.05, 0.1) is 41.8 Å². The number of hydrogen-bond acceptors (Lipinski definition) is 10. The van der Waals surface area contributed by atoms with E-state index in [1.165, 1.54) is 0 Å². The first-order valence-corrected chi connectivity index (χ1v) is 13.5. The number of rotatable bonds is 6. The summed E-state index contributed by atoms with van der Waals surface area (Å²) in [5.74, 6) is -2.16. The molecule has 5 rings (SSSR count). The molecule has 0 atom stereocenters. The number of amides is 3.